The van der Waals surface area contributed by atoms with E-state index in [4.69, 9.17) is 9.47 Å². The second-order valence-electron chi connectivity index (χ2n) is 15.0. The third kappa shape index (κ3) is 5.22. The van der Waals surface area contributed by atoms with Crippen LogP contribution in [0.1, 0.15) is 78.8 Å². The van der Waals surface area contributed by atoms with E-state index < -0.39 is 21.5 Å². The maximum atomic E-state index is 15.2. The number of nitrogens with zero attached hydrogens (tertiary/aromatic N) is 4. The van der Waals surface area contributed by atoms with E-state index in [9.17, 15) is 18.0 Å². The second kappa shape index (κ2) is 12.1. The normalized spacial score (nSPS) is 26.1. The molecular formula is C37H45N5O7S. The summed E-state index contributed by atoms with van der Waals surface area (Å²) in [4.78, 5) is 44.8. The molecule has 4 atom stereocenters. The molecule has 4 unspecified atom stereocenters. The highest BCUT2D eigenvalue weighted by Gasteiger charge is 2.65. The number of morpholine rings is 1. The molecule has 13 heteroatoms. The van der Waals surface area contributed by atoms with Crippen molar-refractivity contribution < 1.29 is 32.3 Å². The Morgan fingerprint density at radius 2 is 1.72 bits per heavy atom. The van der Waals surface area contributed by atoms with Gasteiger partial charge in [-0.25, -0.2) is 4.72 Å². The SMILES string of the molecule is COc1ccc2c(c1)C1CC1(C(=O)N1C3COCC1CN(C(C)=O)C3)Cn1c-2c(C2CCCCC2)c2ccc(C(=O)NS(=O)(=O)N(C)C)cc21. The molecule has 1 aromatic heterocycles. The van der Waals surface area contributed by atoms with Gasteiger partial charge >= 0.3 is 10.2 Å². The molecule has 2 aromatic carbocycles. The van der Waals surface area contributed by atoms with E-state index in [0.29, 0.717) is 45.2 Å². The minimum absolute atomic E-state index is 0.00358. The largest absolute Gasteiger partial charge is 0.497 e. The highest BCUT2D eigenvalue weighted by molar-refractivity contribution is 7.87. The Hall–Kier alpha value is -3.94. The summed E-state index contributed by atoms with van der Waals surface area (Å²) >= 11 is 0. The molecule has 3 amide bonds. The van der Waals surface area contributed by atoms with Crippen molar-refractivity contribution in [1.29, 1.82) is 0 Å². The highest BCUT2D eigenvalue weighted by Crippen LogP contribution is 2.66. The van der Waals surface area contributed by atoms with Gasteiger partial charge in [-0.05, 0) is 66.6 Å². The van der Waals surface area contributed by atoms with Gasteiger partial charge in [0.25, 0.3) is 5.91 Å². The van der Waals surface area contributed by atoms with Crippen molar-refractivity contribution in [2.45, 2.75) is 75.9 Å². The average molecular weight is 704 g/mol. The van der Waals surface area contributed by atoms with Crippen molar-refractivity contribution >= 4 is 38.8 Å². The zero-order valence-corrected chi connectivity index (χ0v) is 29.9. The molecule has 2 saturated heterocycles. The van der Waals surface area contributed by atoms with Gasteiger partial charge in [-0.15, -0.1) is 0 Å². The van der Waals surface area contributed by atoms with Gasteiger partial charge in [0, 0.05) is 68.6 Å². The summed E-state index contributed by atoms with van der Waals surface area (Å²) in [6.07, 6.45) is 6.24. The van der Waals surface area contributed by atoms with Gasteiger partial charge in [-0.3, -0.25) is 14.4 Å². The van der Waals surface area contributed by atoms with Crippen molar-refractivity contribution in [3.63, 3.8) is 0 Å². The molecule has 2 saturated carbocycles. The lowest BCUT2D eigenvalue weighted by molar-refractivity contribution is -0.165. The topological polar surface area (TPSA) is 130 Å². The molecular weight excluding hydrogens is 659 g/mol. The molecule has 0 radical (unpaired) electrons. The van der Waals surface area contributed by atoms with Crippen LogP contribution in [0.3, 0.4) is 0 Å². The number of methoxy groups -OCH3 is 1. The zero-order valence-electron chi connectivity index (χ0n) is 29.1. The van der Waals surface area contributed by atoms with Crippen molar-refractivity contribution in [2.75, 3.05) is 47.5 Å². The standard InChI is InChI=1S/C37H45N5O7S/c1-22(43)40-17-25-19-49-20-26(18-40)42(25)36(45)37-16-31(37)30-15-27(48-4)11-13-28(30)34-33(23-8-6-5-7-9-23)29-12-10-24(14-32(29)41(34)21-37)35(44)38-50(46,47)39(2)3/h10-15,23,25-26,31H,5-9,16-21H2,1-4H3,(H,38,44). The van der Waals surface area contributed by atoms with Crippen LogP contribution >= 0.6 is 0 Å². The number of benzene rings is 2. The minimum atomic E-state index is -4.00. The Morgan fingerprint density at radius 3 is 2.38 bits per heavy atom. The Balaban J connectivity index is 1.30. The van der Waals surface area contributed by atoms with Crippen LogP contribution in [-0.4, -0.2) is 104 Å². The van der Waals surface area contributed by atoms with E-state index in [1.54, 1.807) is 26.2 Å². The predicted octanol–water partition coefficient (Wildman–Crippen LogP) is 3.85. The van der Waals surface area contributed by atoms with Gasteiger partial charge in [-0.2, -0.15) is 12.7 Å². The van der Waals surface area contributed by atoms with Gasteiger partial charge in [0.1, 0.15) is 5.75 Å². The third-order valence-corrected chi connectivity index (χ3v) is 13.3. The first-order valence-corrected chi connectivity index (χ1v) is 19.1. The van der Waals surface area contributed by atoms with E-state index in [0.717, 1.165) is 63.5 Å². The maximum Gasteiger partial charge on any atom is 0.303 e. The fourth-order valence-corrected chi connectivity index (χ4v) is 9.73. The average Bonchev–Trinajstić information content (AvgIpc) is 3.77. The molecule has 3 aliphatic heterocycles. The summed E-state index contributed by atoms with van der Waals surface area (Å²) in [5.74, 6) is 0.381. The van der Waals surface area contributed by atoms with Crippen molar-refractivity contribution in [3.8, 4) is 17.0 Å². The molecule has 50 heavy (non-hydrogen) atoms. The lowest BCUT2D eigenvalue weighted by atomic mass is 9.81. The summed E-state index contributed by atoms with van der Waals surface area (Å²) in [7, 11) is 0.402. The summed E-state index contributed by atoms with van der Waals surface area (Å²) in [5.41, 5.74) is 4.79. The zero-order chi connectivity index (χ0) is 35.1. The van der Waals surface area contributed by atoms with E-state index >= 15 is 4.79 Å². The molecule has 8 rings (SSSR count). The molecule has 12 nitrogen and oxygen atoms in total. The van der Waals surface area contributed by atoms with E-state index in [-0.39, 0.29) is 35.4 Å². The van der Waals surface area contributed by atoms with Gasteiger partial charge in [-0.1, -0.05) is 25.3 Å². The quantitative estimate of drug-likeness (QED) is 0.413. The summed E-state index contributed by atoms with van der Waals surface area (Å²) in [5, 5.41) is 1.03. The molecule has 4 fully saturated rings. The number of nitrogens with one attached hydrogen (secondary N) is 1. The number of ether oxygens (including phenoxy) is 2. The highest BCUT2D eigenvalue weighted by atomic mass is 32.2. The molecule has 2 aliphatic carbocycles. The van der Waals surface area contributed by atoms with Gasteiger partial charge in [0.2, 0.25) is 11.8 Å². The van der Waals surface area contributed by atoms with Crippen molar-refractivity contribution in [3.05, 3.63) is 53.1 Å². The predicted molar refractivity (Wildman–Crippen MR) is 187 cm³/mol. The lowest BCUT2D eigenvalue weighted by Crippen LogP contribution is -2.68. The smallest absolute Gasteiger partial charge is 0.303 e. The number of rotatable bonds is 6. The Bertz CT molecular complexity index is 2010. The summed E-state index contributed by atoms with van der Waals surface area (Å²) in [6.45, 7) is 3.65. The van der Waals surface area contributed by atoms with E-state index in [2.05, 4.69) is 21.4 Å². The summed E-state index contributed by atoms with van der Waals surface area (Å²) in [6, 6.07) is 11.2. The number of hydrogen-bond acceptors (Lipinski definition) is 7. The van der Waals surface area contributed by atoms with Gasteiger partial charge in [0.15, 0.2) is 0 Å². The third-order valence-electron chi connectivity index (χ3n) is 11.9. The maximum absolute atomic E-state index is 15.2. The van der Waals surface area contributed by atoms with Crippen molar-refractivity contribution in [1.82, 2.24) is 23.4 Å². The Kier molecular flexibility index (Phi) is 8.03. The van der Waals surface area contributed by atoms with Gasteiger partial charge < -0.3 is 23.8 Å². The van der Waals surface area contributed by atoms with Crippen LogP contribution in [0.2, 0.25) is 0 Å². The van der Waals surface area contributed by atoms with Crippen LogP contribution in [0.5, 0.6) is 5.75 Å². The molecule has 4 heterocycles. The molecule has 0 spiro atoms. The Morgan fingerprint density at radius 1 is 1.00 bits per heavy atom. The fourth-order valence-electron chi connectivity index (χ4n) is 9.20. The van der Waals surface area contributed by atoms with Crippen molar-refractivity contribution in [2.24, 2.45) is 5.41 Å². The molecule has 3 aromatic rings. The summed E-state index contributed by atoms with van der Waals surface area (Å²) < 4.78 is 42.3. The molecule has 5 aliphatic rings. The molecule has 266 valence electrons. The van der Waals surface area contributed by atoms with Gasteiger partial charge in [0.05, 0.1) is 43.5 Å². The number of carbonyl (C=O) groups is 3. The first kappa shape index (κ1) is 33.2. The van der Waals surface area contributed by atoms with Crippen LogP contribution in [0.15, 0.2) is 36.4 Å². The Labute approximate surface area is 292 Å². The minimum Gasteiger partial charge on any atom is -0.497 e. The number of aromatic nitrogens is 1. The number of fused-ring (bicyclic) bond motifs is 9. The van der Waals surface area contributed by atoms with Crippen LogP contribution in [0, 0.1) is 5.41 Å². The van der Waals surface area contributed by atoms with E-state index in [1.165, 1.54) is 26.1 Å². The number of hydrogen-bond donors (Lipinski definition) is 1. The van der Waals surface area contributed by atoms with Crippen LogP contribution in [0.25, 0.3) is 22.2 Å². The van der Waals surface area contributed by atoms with Crippen LogP contribution in [-0.2, 0) is 31.1 Å². The molecule has 2 bridgehead atoms. The lowest BCUT2D eigenvalue weighted by Gasteiger charge is -2.50. The van der Waals surface area contributed by atoms with Crippen LogP contribution < -0.4 is 9.46 Å². The first-order valence-electron chi connectivity index (χ1n) is 17.7. The van der Waals surface area contributed by atoms with E-state index in [1.807, 2.05) is 21.9 Å². The monoisotopic (exact) mass is 703 g/mol. The first-order chi connectivity index (χ1) is 23.9. The number of amides is 3. The number of piperazine rings is 1. The molecule has 1 N–H and O–H groups in total. The number of carbonyl (C=O) groups excluding carboxylic acids is 3. The fraction of sp³-hybridized carbons (Fsp3) is 0.541. The second-order valence-corrected chi connectivity index (χ2v) is 16.9. The van der Waals surface area contributed by atoms with Crippen LogP contribution in [0.4, 0.5) is 0 Å².